The van der Waals surface area contributed by atoms with Crippen LogP contribution in [0.2, 0.25) is 0 Å². The Balaban J connectivity index is 2.08. The van der Waals surface area contributed by atoms with Crippen LogP contribution in [0.3, 0.4) is 0 Å². The summed E-state index contributed by atoms with van der Waals surface area (Å²) in [6.45, 7) is 5.27. The van der Waals surface area contributed by atoms with E-state index in [0.717, 1.165) is 25.5 Å². The van der Waals surface area contributed by atoms with Crippen molar-refractivity contribution >= 4 is 11.5 Å². The molecule has 0 spiro atoms. The van der Waals surface area contributed by atoms with E-state index in [4.69, 9.17) is 0 Å². The van der Waals surface area contributed by atoms with Crippen molar-refractivity contribution in [3.05, 3.63) is 18.3 Å². The third-order valence-corrected chi connectivity index (χ3v) is 3.59. The number of anilines is 2. The molecule has 0 aromatic carbocycles. The summed E-state index contributed by atoms with van der Waals surface area (Å²) in [6, 6.07) is 4.93. The maximum Gasteiger partial charge on any atom is 0.127 e. The van der Waals surface area contributed by atoms with Gasteiger partial charge in [-0.2, -0.15) is 0 Å². The normalized spacial score (nSPS) is 20.2. The monoisotopic (exact) mass is 248 g/mol. The summed E-state index contributed by atoms with van der Waals surface area (Å²) in [7, 11) is 4.34. The van der Waals surface area contributed by atoms with Gasteiger partial charge in [-0.15, -0.1) is 0 Å². The maximum absolute atomic E-state index is 4.33. The molecule has 18 heavy (non-hydrogen) atoms. The average molecular weight is 248 g/mol. The second-order valence-electron chi connectivity index (χ2n) is 5.14. The lowest BCUT2D eigenvalue weighted by molar-refractivity contribution is 0.258. The van der Waals surface area contributed by atoms with Gasteiger partial charge in [-0.25, -0.2) is 4.98 Å². The molecule has 1 unspecified atom stereocenters. The molecule has 0 aliphatic carbocycles. The van der Waals surface area contributed by atoms with Gasteiger partial charge in [0.1, 0.15) is 5.82 Å². The molecule has 1 aromatic rings. The first-order valence-electron chi connectivity index (χ1n) is 6.82. The smallest absolute Gasteiger partial charge is 0.127 e. The second-order valence-corrected chi connectivity index (χ2v) is 5.14. The lowest BCUT2D eigenvalue weighted by atomic mass is 10.0. The number of pyridine rings is 1. The SMILES string of the molecule is CCNc1cc(N2CCCC(N(C)C)C2)ccn1. The summed E-state index contributed by atoms with van der Waals surface area (Å²) in [6.07, 6.45) is 4.46. The van der Waals surface area contributed by atoms with Crippen molar-refractivity contribution in [2.24, 2.45) is 0 Å². The summed E-state index contributed by atoms with van der Waals surface area (Å²) in [5.74, 6) is 0.974. The van der Waals surface area contributed by atoms with Crippen LogP contribution in [-0.4, -0.2) is 49.7 Å². The summed E-state index contributed by atoms with van der Waals surface area (Å²) < 4.78 is 0. The Hall–Kier alpha value is -1.29. The van der Waals surface area contributed by atoms with Crippen molar-refractivity contribution in [3.63, 3.8) is 0 Å². The quantitative estimate of drug-likeness (QED) is 0.883. The van der Waals surface area contributed by atoms with E-state index in [0.29, 0.717) is 6.04 Å². The van der Waals surface area contributed by atoms with Gasteiger partial charge in [0.05, 0.1) is 0 Å². The van der Waals surface area contributed by atoms with Gasteiger partial charge in [0, 0.05) is 43.6 Å². The van der Waals surface area contributed by atoms with Gasteiger partial charge in [-0.05, 0) is 39.9 Å². The van der Waals surface area contributed by atoms with E-state index >= 15 is 0 Å². The zero-order valence-electron chi connectivity index (χ0n) is 11.7. The topological polar surface area (TPSA) is 31.4 Å². The van der Waals surface area contributed by atoms with Gasteiger partial charge >= 0.3 is 0 Å². The predicted octanol–water partition coefficient (Wildman–Crippen LogP) is 2.04. The van der Waals surface area contributed by atoms with Crippen LogP contribution >= 0.6 is 0 Å². The minimum atomic E-state index is 0.662. The van der Waals surface area contributed by atoms with E-state index < -0.39 is 0 Å². The summed E-state index contributed by atoms with van der Waals surface area (Å²) in [5, 5.41) is 3.27. The number of likely N-dealkylation sites (N-methyl/N-ethyl adjacent to an activating group) is 1. The third kappa shape index (κ3) is 3.13. The molecule has 1 saturated heterocycles. The molecule has 1 aromatic heterocycles. The summed E-state index contributed by atoms with van der Waals surface area (Å²) >= 11 is 0. The standard InChI is InChI=1S/C14H24N4/c1-4-15-14-10-12(7-8-16-14)18-9-5-6-13(11-18)17(2)3/h7-8,10,13H,4-6,9,11H2,1-3H3,(H,15,16). The number of nitrogens with one attached hydrogen (secondary N) is 1. The zero-order valence-corrected chi connectivity index (χ0v) is 11.7. The molecule has 0 radical (unpaired) electrons. The van der Waals surface area contributed by atoms with Crippen LogP contribution in [0.1, 0.15) is 19.8 Å². The van der Waals surface area contributed by atoms with Crippen molar-refractivity contribution in [1.29, 1.82) is 0 Å². The first-order chi connectivity index (χ1) is 8.70. The van der Waals surface area contributed by atoms with Crippen molar-refractivity contribution in [2.75, 3.05) is 43.9 Å². The highest BCUT2D eigenvalue weighted by molar-refractivity contribution is 5.54. The summed E-state index contributed by atoms with van der Waals surface area (Å²) in [5.41, 5.74) is 1.28. The molecule has 1 aliphatic rings. The van der Waals surface area contributed by atoms with E-state index in [9.17, 15) is 0 Å². The molecular weight excluding hydrogens is 224 g/mol. The highest BCUT2D eigenvalue weighted by Crippen LogP contribution is 2.23. The number of hydrogen-bond donors (Lipinski definition) is 1. The van der Waals surface area contributed by atoms with Gasteiger partial charge in [0.2, 0.25) is 0 Å². The van der Waals surface area contributed by atoms with Gasteiger partial charge in [-0.1, -0.05) is 0 Å². The molecule has 2 heterocycles. The predicted molar refractivity (Wildman–Crippen MR) is 77.3 cm³/mol. The maximum atomic E-state index is 4.33. The highest BCUT2D eigenvalue weighted by atomic mass is 15.2. The zero-order chi connectivity index (χ0) is 13.0. The van der Waals surface area contributed by atoms with Crippen LogP contribution in [0.4, 0.5) is 11.5 Å². The Kier molecular flexibility index (Phi) is 4.42. The molecule has 4 heteroatoms. The average Bonchev–Trinajstić information content (AvgIpc) is 2.39. The number of nitrogens with zero attached hydrogens (tertiary/aromatic N) is 3. The van der Waals surface area contributed by atoms with Crippen LogP contribution < -0.4 is 10.2 Å². The first kappa shape index (κ1) is 13.1. The Morgan fingerprint density at radius 2 is 2.33 bits per heavy atom. The Labute approximate surface area is 110 Å². The Bertz CT molecular complexity index is 378. The molecule has 1 fully saturated rings. The largest absolute Gasteiger partial charge is 0.370 e. The molecule has 0 amide bonds. The molecule has 4 nitrogen and oxygen atoms in total. The first-order valence-corrected chi connectivity index (χ1v) is 6.82. The highest BCUT2D eigenvalue weighted by Gasteiger charge is 2.21. The van der Waals surface area contributed by atoms with Crippen molar-refractivity contribution < 1.29 is 0 Å². The van der Waals surface area contributed by atoms with Crippen molar-refractivity contribution in [1.82, 2.24) is 9.88 Å². The van der Waals surface area contributed by atoms with Crippen LogP contribution in [-0.2, 0) is 0 Å². The fourth-order valence-electron chi connectivity index (χ4n) is 2.50. The van der Waals surface area contributed by atoms with Gasteiger partial charge in [0.25, 0.3) is 0 Å². The minimum absolute atomic E-state index is 0.662. The fraction of sp³-hybridized carbons (Fsp3) is 0.643. The van der Waals surface area contributed by atoms with Crippen LogP contribution in [0.5, 0.6) is 0 Å². The van der Waals surface area contributed by atoms with Crippen molar-refractivity contribution in [2.45, 2.75) is 25.8 Å². The molecule has 0 bridgehead atoms. The molecule has 2 rings (SSSR count). The molecule has 100 valence electrons. The Morgan fingerprint density at radius 3 is 3.06 bits per heavy atom. The van der Waals surface area contributed by atoms with E-state index in [1.165, 1.54) is 18.5 Å². The second kappa shape index (κ2) is 6.05. The molecule has 0 saturated carbocycles. The number of aromatic nitrogens is 1. The molecule has 1 aliphatic heterocycles. The molecular formula is C14H24N4. The third-order valence-electron chi connectivity index (χ3n) is 3.59. The number of piperidine rings is 1. The minimum Gasteiger partial charge on any atom is -0.370 e. The summed E-state index contributed by atoms with van der Waals surface area (Å²) in [4.78, 5) is 9.13. The molecule has 1 N–H and O–H groups in total. The fourth-order valence-corrected chi connectivity index (χ4v) is 2.50. The lowest BCUT2D eigenvalue weighted by Crippen LogP contribution is -2.45. The van der Waals surface area contributed by atoms with Crippen LogP contribution in [0.25, 0.3) is 0 Å². The van der Waals surface area contributed by atoms with E-state index in [1.807, 2.05) is 6.20 Å². The van der Waals surface area contributed by atoms with E-state index in [-0.39, 0.29) is 0 Å². The number of rotatable bonds is 4. The van der Waals surface area contributed by atoms with Gasteiger partial charge in [-0.3, -0.25) is 0 Å². The van der Waals surface area contributed by atoms with Crippen molar-refractivity contribution in [3.8, 4) is 0 Å². The van der Waals surface area contributed by atoms with E-state index in [2.05, 4.69) is 53.3 Å². The number of hydrogen-bond acceptors (Lipinski definition) is 4. The van der Waals surface area contributed by atoms with Gasteiger partial charge < -0.3 is 15.1 Å². The van der Waals surface area contributed by atoms with Crippen LogP contribution in [0, 0.1) is 0 Å². The van der Waals surface area contributed by atoms with Gasteiger partial charge in [0.15, 0.2) is 0 Å². The van der Waals surface area contributed by atoms with Crippen LogP contribution in [0.15, 0.2) is 18.3 Å². The Morgan fingerprint density at radius 1 is 1.50 bits per heavy atom. The lowest BCUT2D eigenvalue weighted by Gasteiger charge is -2.37. The van der Waals surface area contributed by atoms with E-state index in [1.54, 1.807) is 0 Å². The molecule has 1 atom stereocenters.